The first-order chi connectivity index (χ1) is 5.61. The van der Waals surface area contributed by atoms with E-state index in [2.05, 4.69) is 4.98 Å². The van der Waals surface area contributed by atoms with Gasteiger partial charge in [0.1, 0.15) is 0 Å². The van der Waals surface area contributed by atoms with Gasteiger partial charge in [0.15, 0.2) is 0 Å². The molecule has 0 aliphatic heterocycles. The first kappa shape index (κ1) is 8.52. The molecule has 0 unspecified atom stereocenters. The highest BCUT2D eigenvalue weighted by Crippen LogP contribution is 2.06. The van der Waals surface area contributed by atoms with Crippen LogP contribution in [0.4, 0.5) is 0 Å². The number of nitrogens with zero attached hydrogens (tertiary/aromatic N) is 2. The van der Waals surface area contributed by atoms with Crippen molar-refractivity contribution in [1.82, 2.24) is 9.88 Å². The minimum atomic E-state index is -0.328. The van der Waals surface area contributed by atoms with E-state index in [1.54, 1.807) is 14.1 Å². The molecule has 0 spiro atoms. The number of rotatable bonds is 1. The van der Waals surface area contributed by atoms with Crippen LogP contribution in [0.1, 0.15) is 10.4 Å². The van der Waals surface area contributed by atoms with Gasteiger partial charge in [-0.2, -0.15) is 0 Å². The van der Waals surface area contributed by atoms with Gasteiger partial charge in [-0.1, -0.05) is 0 Å². The molecule has 0 N–H and O–H groups in total. The number of pyridine rings is 1. The van der Waals surface area contributed by atoms with Crippen molar-refractivity contribution in [2.75, 3.05) is 14.1 Å². The minimum absolute atomic E-state index is 0.150. The SMILES string of the molecule is CN(C)C(=O)c1ccc([O])nc1. The molecule has 0 aromatic carbocycles. The fourth-order valence-electron chi connectivity index (χ4n) is 0.765. The molecule has 1 aromatic heterocycles. The maximum Gasteiger partial charge on any atom is 0.269 e. The molecule has 1 aromatic rings. The number of hydrogen-bond donors (Lipinski definition) is 0. The Hall–Kier alpha value is -1.58. The maximum absolute atomic E-state index is 11.2. The molecule has 0 fully saturated rings. The summed E-state index contributed by atoms with van der Waals surface area (Å²) in [6.07, 6.45) is 1.28. The van der Waals surface area contributed by atoms with Crippen molar-refractivity contribution in [3.8, 4) is 5.88 Å². The highest BCUT2D eigenvalue weighted by atomic mass is 16.3. The number of carbonyl (C=O) groups is 1. The lowest BCUT2D eigenvalue weighted by Crippen LogP contribution is -2.21. The monoisotopic (exact) mass is 165 g/mol. The number of amides is 1. The Morgan fingerprint density at radius 1 is 1.42 bits per heavy atom. The van der Waals surface area contributed by atoms with Gasteiger partial charge in [0.2, 0.25) is 0 Å². The standard InChI is InChI=1S/C8H9N2O2/c1-10(2)8(12)6-3-4-7(11)9-5-6/h3-5H,1-2H3. The first-order valence-corrected chi connectivity index (χ1v) is 3.46. The average Bonchev–Trinajstić information content (AvgIpc) is 2.04. The summed E-state index contributed by atoms with van der Waals surface area (Å²) in [5.74, 6) is -0.479. The van der Waals surface area contributed by atoms with Crippen molar-refractivity contribution >= 4 is 5.91 Å². The Morgan fingerprint density at radius 3 is 2.50 bits per heavy atom. The van der Waals surface area contributed by atoms with Crippen molar-refractivity contribution < 1.29 is 9.90 Å². The normalized spacial score (nSPS) is 9.50. The lowest BCUT2D eigenvalue weighted by molar-refractivity contribution is 0.0827. The molecule has 0 bridgehead atoms. The zero-order valence-electron chi connectivity index (χ0n) is 6.94. The lowest BCUT2D eigenvalue weighted by Gasteiger charge is -2.08. The summed E-state index contributed by atoms with van der Waals surface area (Å²) in [4.78, 5) is 16.2. The largest absolute Gasteiger partial charge is 0.345 e. The molecule has 1 radical (unpaired) electrons. The van der Waals surface area contributed by atoms with Gasteiger partial charge in [-0.3, -0.25) is 9.90 Å². The van der Waals surface area contributed by atoms with Crippen molar-refractivity contribution in [1.29, 1.82) is 0 Å². The number of carbonyl (C=O) groups excluding carboxylic acids is 1. The summed E-state index contributed by atoms with van der Waals surface area (Å²) in [6.45, 7) is 0. The Labute approximate surface area is 70.5 Å². The van der Waals surface area contributed by atoms with Crippen LogP contribution < -0.4 is 0 Å². The van der Waals surface area contributed by atoms with Gasteiger partial charge in [-0.25, -0.2) is 4.98 Å². The summed E-state index contributed by atoms with van der Waals surface area (Å²) in [5, 5.41) is 10.6. The molecule has 0 saturated carbocycles. The first-order valence-electron chi connectivity index (χ1n) is 3.46. The van der Waals surface area contributed by atoms with Gasteiger partial charge in [-0.15, -0.1) is 0 Å². The summed E-state index contributed by atoms with van der Waals surface area (Å²) in [7, 11) is 3.29. The van der Waals surface area contributed by atoms with E-state index < -0.39 is 0 Å². The highest BCUT2D eigenvalue weighted by Gasteiger charge is 2.07. The van der Waals surface area contributed by atoms with Gasteiger partial charge >= 0.3 is 0 Å². The van der Waals surface area contributed by atoms with Crippen LogP contribution in [0.15, 0.2) is 18.3 Å². The molecule has 1 rings (SSSR count). The van der Waals surface area contributed by atoms with Crippen molar-refractivity contribution in [3.63, 3.8) is 0 Å². The topological polar surface area (TPSA) is 53.1 Å². The van der Waals surface area contributed by atoms with Gasteiger partial charge in [0, 0.05) is 26.4 Å². The van der Waals surface area contributed by atoms with Crippen LogP contribution >= 0.6 is 0 Å². The van der Waals surface area contributed by atoms with Crippen molar-refractivity contribution in [2.24, 2.45) is 0 Å². The van der Waals surface area contributed by atoms with E-state index in [4.69, 9.17) is 0 Å². The van der Waals surface area contributed by atoms with Crippen molar-refractivity contribution in [3.05, 3.63) is 23.9 Å². The van der Waals surface area contributed by atoms with Crippen LogP contribution in [0, 0.1) is 0 Å². The molecule has 4 heteroatoms. The molecule has 63 valence electrons. The second-order valence-electron chi connectivity index (χ2n) is 2.58. The third-order valence-corrected chi connectivity index (χ3v) is 1.39. The third-order valence-electron chi connectivity index (χ3n) is 1.39. The molecule has 0 atom stereocenters. The van der Waals surface area contributed by atoms with Gasteiger partial charge in [0.05, 0.1) is 5.56 Å². The zero-order chi connectivity index (χ0) is 9.14. The van der Waals surface area contributed by atoms with E-state index in [0.717, 1.165) is 0 Å². The molecule has 0 saturated heterocycles. The van der Waals surface area contributed by atoms with Crippen LogP contribution in [-0.2, 0) is 5.11 Å². The van der Waals surface area contributed by atoms with E-state index in [-0.39, 0.29) is 11.8 Å². The molecular formula is C8H9N2O2. The molecule has 12 heavy (non-hydrogen) atoms. The molecular weight excluding hydrogens is 156 g/mol. The van der Waals surface area contributed by atoms with E-state index >= 15 is 0 Å². The van der Waals surface area contributed by atoms with E-state index in [1.165, 1.54) is 23.2 Å². The van der Waals surface area contributed by atoms with E-state index in [9.17, 15) is 9.90 Å². The van der Waals surface area contributed by atoms with Gasteiger partial charge in [0.25, 0.3) is 11.8 Å². The van der Waals surface area contributed by atoms with E-state index in [1.807, 2.05) is 0 Å². The Kier molecular flexibility index (Phi) is 2.28. The molecule has 0 aliphatic rings. The number of hydrogen-bond acceptors (Lipinski definition) is 2. The second kappa shape index (κ2) is 3.21. The average molecular weight is 165 g/mol. The van der Waals surface area contributed by atoms with Gasteiger partial charge in [-0.05, 0) is 6.07 Å². The molecule has 1 amide bonds. The Bertz CT molecular complexity index is 280. The van der Waals surface area contributed by atoms with Crippen LogP contribution in [-0.4, -0.2) is 29.9 Å². The minimum Gasteiger partial charge on any atom is -0.345 e. The predicted molar refractivity (Wildman–Crippen MR) is 42.4 cm³/mol. The van der Waals surface area contributed by atoms with Crippen LogP contribution in [0.25, 0.3) is 0 Å². The summed E-state index contributed by atoms with van der Waals surface area (Å²) in [5.41, 5.74) is 0.430. The quantitative estimate of drug-likeness (QED) is 0.621. The zero-order valence-corrected chi connectivity index (χ0v) is 6.94. The fraction of sp³-hybridized carbons (Fsp3) is 0.250. The molecule has 1 heterocycles. The summed E-state index contributed by atoms with van der Waals surface area (Å²) < 4.78 is 0. The third kappa shape index (κ3) is 1.72. The Balaban J connectivity index is 2.90. The second-order valence-corrected chi connectivity index (χ2v) is 2.58. The number of aromatic nitrogens is 1. The van der Waals surface area contributed by atoms with Crippen LogP contribution in [0.2, 0.25) is 0 Å². The molecule has 4 nitrogen and oxygen atoms in total. The van der Waals surface area contributed by atoms with E-state index in [0.29, 0.717) is 5.56 Å². The highest BCUT2D eigenvalue weighted by molar-refractivity contribution is 5.93. The maximum atomic E-state index is 11.2. The van der Waals surface area contributed by atoms with Crippen molar-refractivity contribution in [2.45, 2.75) is 0 Å². The summed E-state index contributed by atoms with van der Waals surface area (Å²) in [6, 6.07) is 2.74. The smallest absolute Gasteiger partial charge is 0.269 e. The van der Waals surface area contributed by atoms with Crippen LogP contribution in [0.3, 0.4) is 0 Å². The van der Waals surface area contributed by atoms with Gasteiger partial charge < -0.3 is 4.90 Å². The summed E-state index contributed by atoms with van der Waals surface area (Å²) >= 11 is 0. The molecule has 0 aliphatic carbocycles. The predicted octanol–water partition coefficient (Wildman–Crippen LogP) is 0.927. The fourth-order valence-corrected chi connectivity index (χ4v) is 0.765. The Morgan fingerprint density at radius 2 is 2.08 bits per heavy atom. The van der Waals surface area contributed by atoms with Crippen LogP contribution in [0.5, 0.6) is 5.88 Å². The lowest BCUT2D eigenvalue weighted by atomic mass is 10.2.